The summed E-state index contributed by atoms with van der Waals surface area (Å²) in [5.41, 5.74) is -6.50. The largest absolute Gasteiger partial charge is 0.449 e. The third-order valence-electron chi connectivity index (χ3n) is 9.32. The molecule has 0 aliphatic heterocycles. The van der Waals surface area contributed by atoms with Gasteiger partial charge in [0.2, 0.25) is 5.12 Å². The molecule has 4 aliphatic carbocycles. The van der Waals surface area contributed by atoms with Crippen LogP contribution in [0.5, 0.6) is 0 Å². The summed E-state index contributed by atoms with van der Waals surface area (Å²) in [6.07, 6.45) is 5.95. The zero-order valence-corrected chi connectivity index (χ0v) is 21.3. The Balaban J connectivity index is 1.86. The van der Waals surface area contributed by atoms with E-state index in [2.05, 4.69) is 5.92 Å². The Morgan fingerprint density at radius 2 is 2.00 bits per heavy atom. The number of ether oxygens (including phenoxy) is 1. The van der Waals surface area contributed by atoms with E-state index in [0.29, 0.717) is 6.42 Å². The van der Waals surface area contributed by atoms with Gasteiger partial charge in [-0.3, -0.25) is 14.4 Å². The Morgan fingerprint density at radius 3 is 2.63 bits per heavy atom. The maximum absolute atomic E-state index is 17.3. The average Bonchev–Trinajstić information content (AvgIpc) is 3.02. The molecule has 0 amide bonds. The second kappa shape index (κ2) is 8.55. The van der Waals surface area contributed by atoms with Crippen LogP contribution < -0.4 is 0 Å². The van der Waals surface area contributed by atoms with Crippen molar-refractivity contribution < 1.29 is 33.0 Å². The Bertz CT molecular complexity index is 1060. The summed E-state index contributed by atoms with van der Waals surface area (Å²) in [5, 5.41) is 11.0. The molecule has 0 radical (unpaired) electrons. The first kappa shape index (κ1) is 26.1. The Labute approximate surface area is 209 Å². The van der Waals surface area contributed by atoms with Gasteiger partial charge in [0.15, 0.2) is 17.1 Å². The van der Waals surface area contributed by atoms with Crippen molar-refractivity contribution in [2.24, 2.45) is 28.6 Å². The third-order valence-corrected chi connectivity index (χ3v) is 10.2. The number of fused-ring (bicyclic) bond motifs is 5. The summed E-state index contributed by atoms with van der Waals surface area (Å²) < 4.78 is 38.8. The summed E-state index contributed by atoms with van der Waals surface area (Å²) in [7, 11) is 0. The van der Waals surface area contributed by atoms with Crippen molar-refractivity contribution in [3.63, 3.8) is 0 Å². The molecule has 5 nitrogen and oxygen atoms in total. The van der Waals surface area contributed by atoms with Crippen LogP contribution in [0, 0.1) is 40.9 Å². The molecule has 4 aliphatic rings. The minimum absolute atomic E-state index is 0.0406. The Hall–Kier alpha value is -1.98. The molecule has 3 fully saturated rings. The SMILES string of the molecule is C#CCSC(=O)[C@@]1(OC(=O)CC)[C@H](C)C[C@H]2[C@@H]3C[C@H](F)C4=CC(=O)C=C[C@]4(C)[C@@]3(F)[C@@H](O)C[C@@]21C. The maximum Gasteiger partial charge on any atom is 0.306 e. The van der Waals surface area contributed by atoms with E-state index < -0.39 is 69.0 Å². The van der Waals surface area contributed by atoms with Crippen molar-refractivity contribution in [3.8, 4) is 12.3 Å². The molecule has 0 aromatic rings. The number of esters is 1. The van der Waals surface area contributed by atoms with E-state index in [-0.39, 0.29) is 30.6 Å². The number of ketones is 1. The molecule has 1 N–H and O–H groups in total. The van der Waals surface area contributed by atoms with Gasteiger partial charge in [0.1, 0.15) is 6.17 Å². The van der Waals surface area contributed by atoms with Crippen molar-refractivity contribution in [2.75, 3.05) is 5.75 Å². The van der Waals surface area contributed by atoms with Gasteiger partial charge < -0.3 is 9.84 Å². The first-order valence-electron chi connectivity index (χ1n) is 12.1. The number of hydrogen-bond acceptors (Lipinski definition) is 6. The normalized spacial score (nSPS) is 46.1. The van der Waals surface area contributed by atoms with Crippen molar-refractivity contribution in [1.82, 2.24) is 0 Å². The summed E-state index contributed by atoms with van der Waals surface area (Å²) in [6, 6.07) is 0. The lowest BCUT2D eigenvalue weighted by molar-refractivity contribution is -0.228. The predicted molar refractivity (Wildman–Crippen MR) is 129 cm³/mol. The second-order valence-corrected chi connectivity index (χ2v) is 11.8. The lowest BCUT2D eigenvalue weighted by atomic mass is 9.44. The Kier molecular flexibility index (Phi) is 6.38. The molecule has 0 bridgehead atoms. The molecule has 8 heteroatoms. The molecule has 0 aromatic heterocycles. The van der Waals surface area contributed by atoms with Gasteiger partial charge in [0.05, 0.1) is 11.9 Å². The minimum Gasteiger partial charge on any atom is -0.449 e. The lowest BCUT2D eigenvalue weighted by Gasteiger charge is -2.63. The van der Waals surface area contributed by atoms with Gasteiger partial charge in [-0.25, -0.2) is 8.78 Å². The number of hydrogen-bond donors (Lipinski definition) is 1. The third kappa shape index (κ3) is 3.26. The highest BCUT2D eigenvalue weighted by Crippen LogP contribution is 2.72. The van der Waals surface area contributed by atoms with Crippen LogP contribution in [0.15, 0.2) is 23.8 Å². The molecule has 9 atom stereocenters. The zero-order valence-electron chi connectivity index (χ0n) is 20.5. The van der Waals surface area contributed by atoms with Crippen LogP contribution in [0.25, 0.3) is 0 Å². The quantitative estimate of drug-likeness (QED) is 0.456. The van der Waals surface area contributed by atoms with E-state index in [4.69, 9.17) is 11.2 Å². The number of rotatable bonds is 4. The van der Waals surface area contributed by atoms with E-state index in [1.54, 1.807) is 20.8 Å². The van der Waals surface area contributed by atoms with Crippen LogP contribution in [-0.4, -0.2) is 51.3 Å². The first-order chi connectivity index (χ1) is 16.3. The zero-order chi connectivity index (χ0) is 26.0. The summed E-state index contributed by atoms with van der Waals surface area (Å²) in [4.78, 5) is 38.3. The number of terminal acetylenes is 1. The number of aliphatic hydroxyl groups is 1. The molecule has 0 spiro atoms. The van der Waals surface area contributed by atoms with Gasteiger partial charge in [-0.1, -0.05) is 44.5 Å². The number of halogens is 2. The maximum atomic E-state index is 17.3. The standard InChI is InChI=1S/C27H32F2O5S/c1-6-10-35-23(33)27(34-22(32)7-2)15(3)11-17-18-13-20(28)19-12-16(30)8-9-24(19,4)26(18,29)21(31)14-25(17,27)5/h1,8-9,12,15,17-18,20-21,31H,7,10-11,13-14H2,2-5H3/t15-,17+,18+,20+,21+,24+,25+,26+,27+/m1/s1. The minimum atomic E-state index is -2.26. The fraction of sp³-hybridized carbons (Fsp3) is 0.667. The first-order valence-corrected chi connectivity index (χ1v) is 13.1. The van der Waals surface area contributed by atoms with E-state index in [9.17, 15) is 19.5 Å². The van der Waals surface area contributed by atoms with Gasteiger partial charge in [0, 0.05) is 29.1 Å². The highest BCUT2D eigenvalue weighted by molar-refractivity contribution is 8.14. The van der Waals surface area contributed by atoms with Gasteiger partial charge >= 0.3 is 5.97 Å². The van der Waals surface area contributed by atoms with Gasteiger partial charge in [0.25, 0.3) is 0 Å². The monoisotopic (exact) mass is 506 g/mol. The molecule has 35 heavy (non-hydrogen) atoms. The molecule has 0 saturated heterocycles. The topological polar surface area (TPSA) is 80.7 Å². The molecule has 4 rings (SSSR count). The molecule has 0 aromatic carbocycles. The van der Waals surface area contributed by atoms with Crippen molar-refractivity contribution in [1.29, 1.82) is 0 Å². The van der Waals surface area contributed by atoms with E-state index in [1.165, 1.54) is 19.1 Å². The van der Waals surface area contributed by atoms with E-state index >= 15 is 8.78 Å². The molecule has 3 saturated carbocycles. The van der Waals surface area contributed by atoms with Crippen LogP contribution in [-0.2, 0) is 19.1 Å². The van der Waals surface area contributed by atoms with Crippen molar-refractivity contribution >= 4 is 28.6 Å². The number of aliphatic hydroxyl groups excluding tert-OH is 1. The fourth-order valence-electron chi connectivity index (χ4n) is 7.68. The van der Waals surface area contributed by atoms with Gasteiger partial charge in [-0.15, -0.1) is 6.42 Å². The highest BCUT2D eigenvalue weighted by atomic mass is 32.2. The van der Waals surface area contributed by atoms with E-state index in [1.807, 2.05) is 0 Å². The van der Waals surface area contributed by atoms with Crippen LogP contribution in [0.3, 0.4) is 0 Å². The molecular formula is C27H32F2O5S. The lowest BCUT2D eigenvalue weighted by Crippen LogP contribution is -2.70. The predicted octanol–water partition coefficient (Wildman–Crippen LogP) is 4.14. The average molecular weight is 507 g/mol. The van der Waals surface area contributed by atoms with Gasteiger partial charge in [-0.05, 0) is 49.8 Å². The van der Waals surface area contributed by atoms with Gasteiger partial charge in [-0.2, -0.15) is 0 Å². The number of thioether (sulfide) groups is 1. The van der Waals surface area contributed by atoms with E-state index in [0.717, 1.165) is 17.8 Å². The molecule has 0 unspecified atom stereocenters. The summed E-state index contributed by atoms with van der Waals surface area (Å²) in [5.74, 6) is -0.488. The molecule has 190 valence electrons. The summed E-state index contributed by atoms with van der Waals surface area (Å²) >= 11 is 0.871. The second-order valence-electron chi connectivity index (χ2n) is 10.8. The van der Waals surface area contributed by atoms with Crippen LogP contribution >= 0.6 is 11.8 Å². The smallest absolute Gasteiger partial charge is 0.306 e. The van der Waals surface area contributed by atoms with Crippen LogP contribution in [0.2, 0.25) is 0 Å². The number of carbonyl (C=O) groups is 3. The summed E-state index contributed by atoms with van der Waals surface area (Å²) in [6.45, 7) is 6.69. The van der Waals surface area contributed by atoms with Crippen LogP contribution in [0.4, 0.5) is 8.78 Å². The molecule has 0 heterocycles. The van der Waals surface area contributed by atoms with Crippen molar-refractivity contribution in [3.05, 3.63) is 23.8 Å². The number of carbonyl (C=O) groups excluding carboxylic acids is 3. The number of allylic oxidation sites excluding steroid dienone is 4. The Morgan fingerprint density at radius 1 is 1.31 bits per heavy atom. The van der Waals surface area contributed by atoms with Crippen LogP contribution in [0.1, 0.15) is 53.4 Å². The fourth-order valence-corrected chi connectivity index (χ4v) is 8.59. The van der Waals surface area contributed by atoms with Crippen molar-refractivity contribution in [2.45, 2.75) is 76.9 Å². The highest BCUT2D eigenvalue weighted by Gasteiger charge is 2.78. The molecular weight excluding hydrogens is 474 g/mol. The number of alkyl halides is 2.